The maximum absolute atomic E-state index is 12.9. The van der Waals surface area contributed by atoms with Crippen molar-refractivity contribution in [2.45, 2.75) is 37.6 Å². The Morgan fingerprint density at radius 3 is 2.81 bits per heavy atom. The van der Waals surface area contributed by atoms with Gasteiger partial charge in [-0.3, -0.25) is 0 Å². The molecule has 1 aliphatic heterocycles. The van der Waals surface area contributed by atoms with Crippen molar-refractivity contribution >= 4 is 26.0 Å². The molecule has 0 saturated carbocycles. The van der Waals surface area contributed by atoms with Crippen LogP contribution in [0, 0.1) is 5.92 Å². The lowest BCUT2D eigenvalue weighted by Gasteiger charge is -2.21. The van der Waals surface area contributed by atoms with Crippen molar-refractivity contribution in [1.29, 1.82) is 0 Å². The van der Waals surface area contributed by atoms with Crippen molar-refractivity contribution in [3.05, 3.63) is 28.2 Å². The molecule has 0 amide bonds. The van der Waals surface area contributed by atoms with Gasteiger partial charge in [-0.2, -0.15) is 4.31 Å². The van der Waals surface area contributed by atoms with Crippen LogP contribution in [0.3, 0.4) is 0 Å². The third kappa shape index (κ3) is 4.06. The number of halogens is 1. The molecule has 118 valence electrons. The van der Waals surface area contributed by atoms with Crippen molar-refractivity contribution in [2.75, 3.05) is 20.1 Å². The second-order valence-electron chi connectivity index (χ2n) is 5.74. The largest absolute Gasteiger partial charge is 0.316 e. The summed E-state index contributed by atoms with van der Waals surface area (Å²) in [5, 5.41) is 3.05. The number of hydrogen-bond donors (Lipinski definition) is 1. The third-order valence-electron chi connectivity index (χ3n) is 3.97. The fraction of sp³-hybridized carbons (Fsp3) is 0.600. The van der Waals surface area contributed by atoms with E-state index in [4.69, 9.17) is 0 Å². The smallest absolute Gasteiger partial charge is 0.244 e. The highest BCUT2D eigenvalue weighted by molar-refractivity contribution is 9.10. The van der Waals surface area contributed by atoms with Gasteiger partial charge >= 0.3 is 0 Å². The van der Waals surface area contributed by atoms with Gasteiger partial charge in [0.15, 0.2) is 0 Å². The van der Waals surface area contributed by atoms with Crippen LogP contribution in [0.15, 0.2) is 27.6 Å². The second kappa shape index (κ2) is 7.22. The van der Waals surface area contributed by atoms with E-state index in [1.54, 1.807) is 10.4 Å². The zero-order chi connectivity index (χ0) is 15.5. The van der Waals surface area contributed by atoms with Gasteiger partial charge in [-0.25, -0.2) is 8.42 Å². The monoisotopic (exact) mass is 374 g/mol. The Morgan fingerprint density at radius 1 is 1.33 bits per heavy atom. The zero-order valence-electron chi connectivity index (χ0n) is 12.6. The molecule has 4 nitrogen and oxygen atoms in total. The highest BCUT2D eigenvalue weighted by Crippen LogP contribution is 2.28. The summed E-state index contributed by atoms with van der Waals surface area (Å²) in [7, 11) is -1.57. The van der Waals surface area contributed by atoms with Crippen molar-refractivity contribution in [3.8, 4) is 0 Å². The van der Waals surface area contributed by atoms with Gasteiger partial charge < -0.3 is 5.32 Å². The van der Waals surface area contributed by atoms with E-state index < -0.39 is 10.0 Å². The summed E-state index contributed by atoms with van der Waals surface area (Å²) >= 11 is 3.39. The molecule has 1 unspecified atom stereocenters. The molecule has 0 bridgehead atoms. The molecule has 21 heavy (non-hydrogen) atoms. The Hall–Kier alpha value is -0.430. The number of benzene rings is 1. The molecular weight excluding hydrogens is 352 g/mol. The van der Waals surface area contributed by atoms with Gasteiger partial charge in [0, 0.05) is 24.1 Å². The Morgan fingerprint density at radius 2 is 2.10 bits per heavy atom. The van der Waals surface area contributed by atoms with Crippen LogP contribution in [0.2, 0.25) is 0 Å². The molecule has 1 aromatic rings. The summed E-state index contributed by atoms with van der Waals surface area (Å²) in [5.41, 5.74) is 0.975. The van der Waals surface area contributed by atoms with E-state index in [0.29, 0.717) is 34.9 Å². The number of nitrogens with zero attached hydrogens (tertiary/aromatic N) is 1. The topological polar surface area (TPSA) is 49.4 Å². The van der Waals surface area contributed by atoms with E-state index in [1.807, 2.05) is 19.2 Å². The molecule has 2 rings (SSSR count). The van der Waals surface area contributed by atoms with Crippen LogP contribution in [0.5, 0.6) is 0 Å². The molecule has 0 aromatic heterocycles. The quantitative estimate of drug-likeness (QED) is 0.880. The Bertz CT molecular complexity index is 589. The number of sulfonamides is 1. The summed E-state index contributed by atoms with van der Waals surface area (Å²) in [5.74, 6) is 0.601. The van der Waals surface area contributed by atoms with E-state index in [9.17, 15) is 8.42 Å². The van der Waals surface area contributed by atoms with Gasteiger partial charge in [-0.05, 0) is 65.9 Å². The summed E-state index contributed by atoms with van der Waals surface area (Å²) in [6.07, 6.45) is 2.98. The van der Waals surface area contributed by atoms with Crippen LogP contribution in [0.25, 0.3) is 0 Å². The maximum Gasteiger partial charge on any atom is 0.244 e. The first-order valence-electron chi connectivity index (χ1n) is 7.38. The van der Waals surface area contributed by atoms with E-state index in [2.05, 4.69) is 28.2 Å². The molecule has 0 spiro atoms. The number of nitrogens with one attached hydrogen (secondary N) is 1. The normalized spacial score (nSPS) is 21.2. The van der Waals surface area contributed by atoms with Crippen LogP contribution in [0.1, 0.15) is 31.7 Å². The molecule has 6 heteroatoms. The van der Waals surface area contributed by atoms with E-state index in [-0.39, 0.29) is 0 Å². The van der Waals surface area contributed by atoms with Crippen molar-refractivity contribution < 1.29 is 8.42 Å². The highest BCUT2D eigenvalue weighted by Gasteiger charge is 2.28. The SMILES string of the molecule is CNCc1ccc(Br)c(S(=O)(=O)N2CCCC(C)CC2)c1. The first-order chi connectivity index (χ1) is 9.95. The van der Waals surface area contributed by atoms with Crippen LogP contribution < -0.4 is 5.32 Å². The van der Waals surface area contributed by atoms with Crippen molar-refractivity contribution in [1.82, 2.24) is 9.62 Å². The van der Waals surface area contributed by atoms with E-state index >= 15 is 0 Å². The minimum atomic E-state index is -3.42. The minimum absolute atomic E-state index is 0.379. The zero-order valence-corrected chi connectivity index (χ0v) is 15.0. The predicted octanol–water partition coefficient (Wildman–Crippen LogP) is 2.98. The van der Waals surface area contributed by atoms with Crippen LogP contribution in [-0.4, -0.2) is 32.9 Å². The minimum Gasteiger partial charge on any atom is -0.316 e. The average Bonchev–Trinajstić information content (AvgIpc) is 2.66. The van der Waals surface area contributed by atoms with Gasteiger partial charge in [0.1, 0.15) is 0 Å². The predicted molar refractivity (Wildman–Crippen MR) is 88.7 cm³/mol. The molecule has 0 radical (unpaired) electrons. The highest BCUT2D eigenvalue weighted by atomic mass is 79.9. The van der Waals surface area contributed by atoms with Gasteiger partial charge in [0.2, 0.25) is 10.0 Å². The Labute approximate surface area is 136 Å². The molecule has 1 heterocycles. The molecule has 0 aliphatic carbocycles. The van der Waals surface area contributed by atoms with E-state index in [1.165, 1.54) is 0 Å². The van der Waals surface area contributed by atoms with Crippen LogP contribution in [0.4, 0.5) is 0 Å². The summed E-state index contributed by atoms with van der Waals surface area (Å²) in [6, 6.07) is 5.52. The molecule has 1 atom stereocenters. The molecule has 1 N–H and O–H groups in total. The first-order valence-corrected chi connectivity index (χ1v) is 9.61. The third-order valence-corrected chi connectivity index (χ3v) is 6.86. The Kier molecular flexibility index (Phi) is 5.82. The summed E-state index contributed by atoms with van der Waals surface area (Å²) in [6.45, 7) is 4.09. The average molecular weight is 375 g/mol. The number of hydrogen-bond acceptors (Lipinski definition) is 3. The van der Waals surface area contributed by atoms with E-state index in [0.717, 1.165) is 24.8 Å². The fourth-order valence-corrected chi connectivity index (χ4v) is 5.14. The van der Waals surface area contributed by atoms with Gasteiger partial charge in [-0.1, -0.05) is 13.0 Å². The Balaban J connectivity index is 2.32. The van der Waals surface area contributed by atoms with Crippen molar-refractivity contribution in [3.63, 3.8) is 0 Å². The molecule has 1 fully saturated rings. The lowest BCUT2D eigenvalue weighted by atomic mass is 10.0. The summed E-state index contributed by atoms with van der Waals surface area (Å²) < 4.78 is 28.1. The van der Waals surface area contributed by atoms with Gasteiger partial charge in [-0.15, -0.1) is 0 Å². The summed E-state index contributed by atoms with van der Waals surface area (Å²) in [4.78, 5) is 0.379. The standard InChI is InChI=1S/C15H23BrN2O2S/c1-12-4-3-8-18(9-7-12)21(19,20)15-10-13(11-17-2)5-6-14(15)16/h5-6,10,12,17H,3-4,7-9,11H2,1-2H3. The number of rotatable bonds is 4. The van der Waals surface area contributed by atoms with Gasteiger partial charge in [0.25, 0.3) is 0 Å². The molecular formula is C15H23BrN2O2S. The van der Waals surface area contributed by atoms with Crippen LogP contribution >= 0.6 is 15.9 Å². The second-order valence-corrected chi connectivity index (χ2v) is 8.50. The molecule has 1 aliphatic rings. The maximum atomic E-state index is 12.9. The van der Waals surface area contributed by atoms with Crippen LogP contribution in [-0.2, 0) is 16.6 Å². The van der Waals surface area contributed by atoms with Crippen molar-refractivity contribution in [2.24, 2.45) is 5.92 Å². The first kappa shape index (κ1) is 16.9. The lowest BCUT2D eigenvalue weighted by molar-refractivity contribution is 0.416. The lowest BCUT2D eigenvalue weighted by Crippen LogP contribution is -2.32. The van der Waals surface area contributed by atoms with Gasteiger partial charge in [0.05, 0.1) is 4.90 Å². The fourth-order valence-electron chi connectivity index (χ4n) is 2.68. The molecule has 1 saturated heterocycles. The molecule has 1 aromatic carbocycles.